The Morgan fingerprint density at radius 3 is 1.51 bits per heavy atom. The Kier molecular flexibility index (Phi) is 17.7. The molecular weight excluding hydrogens is 446 g/mol. The number of hydrogen-bond donors (Lipinski definition) is 0. The predicted molar refractivity (Wildman–Crippen MR) is 168 cm³/mol. The summed E-state index contributed by atoms with van der Waals surface area (Å²) in [4.78, 5) is 4.31. The summed E-state index contributed by atoms with van der Waals surface area (Å²) in [5.74, 6) is 1.68. The van der Waals surface area contributed by atoms with Crippen molar-refractivity contribution in [3.63, 3.8) is 0 Å². The molecule has 2 aromatic rings. The highest BCUT2D eigenvalue weighted by molar-refractivity contribution is 5.64. The van der Waals surface area contributed by atoms with E-state index < -0.39 is 0 Å². The summed E-state index contributed by atoms with van der Waals surface area (Å²) in [5.41, 5.74) is 4.73. The molecule has 0 spiro atoms. The molecule has 0 fully saturated rings. The first-order valence-corrected chi connectivity index (χ1v) is 14.9. The van der Waals surface area contributed by atoms with Gasteiger partial charge in [-0.15, -0.1) is 0 Å². The SMILES string of the molecule is CC(C)(C)CCCCC1=CCC=N1.CC(C)CCCc1ccccc1.CC(C)CCCc1ccccc1. The summed E-state index contributed by atoms with van der Waals surface area (Å²) in [5, 5.41) is 0. The molecule has 1 nitrogen and oxygen atoms in total. The molecule has 0 radical (unpaired) electrons. The van der Waals surface area contributed by atoms with Crippen LogP contribution < -0.4 is 0 Å². The van der Waals surface area contributed by atoms with Gasteiger partial charge in [-0.1, -0.05) is 134 Å². The van der Waals surface area contributed by atoms with Gasteiger partial charge in [0.05, 0.1) is 0 Å². The number of unbranched alkanes of at least 4 members (excludes halogenated alkanes) is 1. The van der Waals surface area contributed by atoms with Crippen LogP contribution in [0.15, 0.2) is 77.4 Å². The number of nitrogens with zero attached hydrogens (tertiary/aromatic N) is 1. The number of aliphatic imine (C=N–C) groups is 1. The van der Waals surface area contributed by atoms with Crippen LogP contribution in [0.25, 0.3) is 0 Å². The molecule has 0 saturated carbocycles. The highest BCUT2D eigenvalue weighted by Gasteiger charge is 2.09. The summed E-state index contributed by atoms with van der Waals surface area (Å²) in [6.07, 6.45) is 18.2. The lowest BCUT2D eigenvalue weighted by molar-refractivity contribution is 0.360. The third-order valence-corrected chi connectivity index (χ3v) is 6.51. The molecule has 0 N–H and O–H groups in total. The summed E-state index contributed by atoms with van der Waals surface area (Å²) < 4.78 is 0. The largest absolute Gasteiger partial charge is 0.266 e. The van der Waals surface area contributed by atoms with Crippen molar-refractivity contribution in [3.05, 3.63) is 83.6 Å². The summed E-state index contributed by atoms with van der Waals surface area (Å²) in [6.45, 7) is 16.0. The Morgan fingerprint density at radius 1 is 0.649 bits per heavy atom. The van der Waals surface area contributed by atoms with Crippen molar-refractivity contribution in [1.82, 2.24) is 0 Å². The van der Waals surface area contributed by atoms with Crippen LogP contribution in [-0.2, 0) is 12.8 Å². The number of benzene rings is 2. The molecule has 1 aliphatic rings. The van der Waals surface area contributed by atoms with E-state index in [1.807, 2.05) is 6.21 Å². The number of aryl methyl sites for hydroxylation is 2. The van der Waals surface area contributed by atoms with Crippen LogP contribution in [0.1, 0.15) is 117 Å². The third kappa shape index (κ3) is 20.6. The minimum absolute atomic E-state index is 0.493. The maximum absolute atomic E-state index is 4.31. The van der Waals surface area contributed by atoms with Crippen molar-refractivity contribution in [2.45, 2.75) is 119 Å². The van der Waals surface area contributed by atoms with E-state index in [1.54, 1.807) is 0 Å². The number of hydrogen-bond acceptors (Lipinski definition) is 1. The van der Waals surface area contributed by atoms with Crippen molar-refractivity contribution in [2.75, 3.05) is 0 Å². The fourth-order valence-corrected chi connectivity index (χ4v) is 4.26. The molecule has 37 heavy (non-hydrogen) atoms. The minimum Gasteiger partial charge on any atom is -0.266 e. The fourth-order valence-electron chi connectivity index (χ4n) is 4.26. The van der Waals surface area contributed by atoms with Crippen molar-refractivity contribution in [2.24, 2.45) is 22.2 Å². The molecule has 0 bridgehead atoms. The van der Waals surface area contributed by atoms with Crippen LogP contribution in [0, 0.1) is 17.3 Å². The molecule has 2 aromatic carbocycles. The highest BCUT2D eigenvalue weighted by atomic mass is 14.7. The van der Waals surface area contributed by atoms with E-state index in [4.69, 9.17) is 0 Å². The van der Waals surface area contributed by atoms with Crippen molar-refractivity contribution in [1.29, 1.82) is 0 Å². The van der Waals surface area contributed by atoms with Gasteiger partial charge in [0.25, 0.3) is 0 Å². The van der Waals surface area contributed by atoms with Crippen LogP contribution >= 0.6 is 0 Å². The van der Waals surface area contributed by atoms with E-state index in [1.165, 1.54) is 81.0 Å². The normalized spacial score (nSPS) is 12.6. The average molecular weight is 504 g/mol. The van der Waals surface area contributed by atoms with Gasteiger partial charge in [-0.25, -0.2) is 0 Å². The lowest BCUT2D eigenvalue weighted by Gasteiger charge is -2.17. The van der Waals surface area contributed by atoms with Gasteiger partial charge < -0.3 is 0 Å². The zero-order valence-electron chi connectivity index (χ0n) is 25.3. The van der Waals surface area contributed by atoms with Crippen LogP contribution in [-0.4, -0.2) is 6.21 Å². The molecular formula is C36H57N. The zero-order valence-corrected chi connectivity index (χ0v) is 25.3. The lowest BCUT2D eigenvalue weighted by atomic mass is 9.89. The Hall–Kier alpha value is -2.15. The van der Waals surface area contributed by atoms with Gasteiger partial charge in [-0.2, -0.15) is 0 Å². The topological polar surface area (TPSA) is 12.4 Å². The molecule has 1 heterocycles. The second-order valence-electron chi connectivity index (χ2n) is 12.6. The second-order valence-corrected chi connectivity index (χ2v) is 12.6. The highest BCUT2D eigenvalue weighted by Crippen LogP contribution is 2.23. The second kappa shape index (κ2) is 19.9. The van der Waals surface area contributed by atoms with Crippen molar-refractivity contribution in [3.8, 4) is 0 Å². The molecule has 1 aliphatic heterocycles. The van der Waals surface area contributed by atoms with Gasteiger partial charge >= 0.3 is 0 Å². The molecule has 0 unspecified atom stereocenters. The van der Waals surface area contributed by atoms with Crippen molar-refractivity contribution >= 4 is 6.21 Å². The maximum Gasteiger partial charge on any atom is 0.0363 e. The van der Waals surface area contributed by atoms with Gasteiger partial charge in [-0.05, 0) is 73.3 Å². The summed E-state index contributed by atoms with van der Waals surface area (Å²) in [6, 6.07) is 21.4. The van der Waals surface area contributed by atoms with E-state index in [2.05, 4.69) is 120 Å². The first kappa shape index (κ1) is 32.9. The molecule has 1 heteroatoms. The molecule has 3 rings (SSSR count). The smallest absolute Gasteiger partial charge is 0.0363 e. The summed E-state index contributed by atoms with van der Waals surface area (Å²) in [7, 11) is 0. The van der Waals surface area contributed by atoms with Gasteiger partial charge in [0.2, 0.25) is 0 Å². The predicted octanol–water partition coefficient (Wildman–Crippen LogP) is 11.3. The van der Waals surface area contributed by atoms with E-state index in [0.717, 1.165) is 18.3 Å². The maximum atomic E-state index is 4.31. The van der Waals surface area contributed by atoms with E-state index in [9.17, 15) is 0 Å². The minimum atomic E-state index is 0.493. The monoisotopic (exact) mass is 503 g/mol. The van der Waals surface area contributed by atoms with Gasteiger partial charge in [0.15, 0.2) is 0 Å². The van der Waals surface area contributed by atoms with Gasteiger partial charge in [-0.3, -0.25) is 4.99 Å². The Balaban J connectivity index is 0.000000278. The first-order chi connectivity index (χ1) is 17.7. The van der Waals surface area contributed by atoms with E-state index >= 15 is 0 Å². The van der Waals surface area contributed by atoms with E-state index in [0.29, 0.717) is 5.41 Å². The molecule has 206 valence electrons. The molecule has 0 saturated heterocycles. The Bertz CT molecular complexity index is 788. The lowest BCUT2D eigenvalue weighted by Crippen LogP contribution is -2.03. The quantitative estimate of drug-likeness (QED) is 0.255. The molecule has 0 aliphatic carbocycles. The number of allylic oxidation sites excluding steroid dienone is 2. The Morgan fingerprint density at radius 2 is 1.14 bits per heavy atom. The van der Waals surface area contributed by atoms with Crippen LogP contribution in [0.4, 0.5) is 0 Å². The first-order valence-electron chi connectivity index (χ1n) is 14.9. The van der Waals surface area contributed by atoms with Gasteiger partial charge in [0, 0.05) is 18.3 Å². The molecule has 0 amide bonds. The molecule has 0 aromatic heterocycles. The van der Waals surface area contributed by atoms with Crippen molar-refractivity contribution < 1.29 is 0 Å². The third-order valence-electron chi connectivity index (χ3n) is 6.51. The standard InChI is InChI=1S/C12H21N.2C12H18/c1-12(2,3)9-5-4-7-11-8-6-10-13-11;2*1-11(2)7-6-10-12-8-4-3-5-9-12/h8,10H,4-7,9H2,1-3H3;2*3-5,8-9,11H,6-7,10H2,1-2H3. The fraction of sp³-hybridized carbons (Fsp3) is 0.583. The Labute approximate surface area is 230 Å². The van der Waals surface area contributed by atoms with E-state index in [-0.39, 0.29) is 0 Å². The average Bonchev–Trinajstić information content (AvgIpc) is 3.37. The van der Waals surface area contributed by atoms with Gasteiger partial charge in [0.1, 0.15) is 0 Å². The van der Waals surface area contributed by atoms with Crippen LogP contribution in [0.2, 0.25) is 0 Å². The van der Waals surface area contributed by atoms with Crippen LogP contribution in [0.5, 0.6) is 0 Å². The number of rotatable bonds is 12. The molecule has 0 atom stereocenters. The van der Waals surface area contributed by atoms with Crippen LogP contribution in [0.3, 0.4) is 0 Å². The zero-order chi connectivity index (χ0) is 27.4. The summed E-state index contributed by atoms with van der Waals surface area (Å²) >= 11 is 0.